The van der Waals surface area contributed by atoms with Crippen molar-refractivity contribution >= 4 is 11.9 Å². The molecule has 0 aromatic rings. The van der Waals surface area contributed by atoms with Crippen molar-refractivity contribution < 1.29 is 24.2 Å². The van der Waals surface area contributed by atoms with Crippen LogP contribution in [0.5, 0.6) is 0 Å². The number of nitrogens with one attached hydrogen (secondary N) is 1. The van der Waals surface area contributed by atoms with E-state index in [0.717, 1.165) is 0 Å². The molecule has 3 heterocycles. The number of amides is 1. The third-order valence-electron chi connectivity index (χ3n) is 5.23. The van der Waals surface area contributed by atoms with Gasteiger partial charge in [0.1, 0.15) is 6.61 Å². The highest BCUT2D eigenvalue weighted by Gasteiger charge is 2.69. The molecule has 0 spiro atoms. The number of primary amides is 1. The molecule has 3 atom stereocenters. The number of hydrogen-bond donors (Lipinski definition) is 3. The largest absolute Gasteiger partial charge is 0.871 e. The lowest BCUT2D eigenvalue weighted by atomic mass is 9.90. The number of nitrogens with zero attached hydrogens (tertiary/aromatic N) is 1. The number of carbonyl (C=O) groups excluding carboxylic acids is 2. The summed E-state index contributed by atoms with van der Waals surface area (Å²) in [5, 5.41) is 16.0. The van der Waals surface area contributed by atoms with Gasteiger partial charge >= 0.3 is 6.09 Å². The van der Waals surface area contributed by atoms with E-state index < -0.39 is 17.6 Å². The summed E-state index contributed by atoms with van der Waals surface area (Å²) in [7, 11) is 1.50. The summed E-state index contributed by atoms with van der Waals surface area (Å²) in [6, 6.07) is 0.0516. The molecule has 9 nitrogen and oxygen atoms in total. The summed E-state index contributed by atoms with van der Waals surface area (Å²) in [5.41, 5.74) is 10.8. The number of methoxy groups -OCH3 is 1. The highest BCUT2D eigenvalue weighted by Crippen LogP contribution is 2.55. The van der Waals surface area contributed by atoms with Crippen LogP contribution in [0.3, 0.4) is 0 Å². The van der Waals surface area contributed by atoms with Gasteiger partial charge in [-0.1, -0.05) is 5.76 Å². The van der Waals surface area contributed by atoms with E-state index in [-0.39, 0.29) is 47.0 Å². The first kappa shape index (κ1) is 15.0. The normalized spacial score (nSPS) is 33.8. The Bertz CT molecular complexity index is 783. The standard InChI is InChI=1S/C15H18N4O5/c1-5-9(16)12(21)8-6(4-24-14(17)22)15(23-2)13-7(18-13)3-19(15)10(8)11(5)20/h7,13,18,20H,3-4,16H2,1-2H3,(H2,17,22)/p-1/t7-,13-,15+/m0/s1. The maximum atomic E-state index is 12.8. The molecule has 0 bridgehead atoms. The van der Waals surface area contributed by atoms with Crippen LogP contribution < -0.4 is 21.9 Å². The molecule has 5 N–H and O–H groups in total. The molecule has 0 unspecified atom stereocenters. The van der Waals surface area contributed by atoms with Gasteiger partial charge in [0.15, 0.2) is 5.72 Å². The number of allylic oxidation sites excluding steroid dienone is 3. The molecule has 0 saturated carbocycles. The Hall–Kier alpha value is -2.52. The molecule has 0 radical (unpaired) electrons. The van der Waals surface area contributed by atoms with Gasteiger partial charge < -0.3 is 36.3 Å². The molecule has 4 rings (SSSR count). The van der Waals surface area contributed by atoms with Crippen molar-refractivity contribution in [3.63, 3.8) is 0 Å². The number of rotatable bonds is 3. The summed E-state index contributed by atoms with van der Waals surface area (Å²) in [5.74, 6) is -0.757. The van der Waals surface area contributed by atoms with Crippen LogP contribution >= 0.6 is 0 Å². The summed E-state index contributed by atoms with van der Waals surface area (Å²) in [6.07, 6.45) is -0.970. The fourth-order valence-corrected chi connectivity index (χ4v) is 4.05. The van der Waals surface area contributed by atoms with Crippen molar-refractivity contribution in [2.24, 2.45) is 11.5 Å². The minimum atomic E-state index is -1.04. The van der Waals surface area contributed by atoms with E-state index in [2.05, 4.69) is 5.32 Å². The van der Waals surface area contributed by atoms with E-state index in [1.807, 2.05) is 0 Å². The lowest BCUT2D eigenvalue weighted by Crippen LogP contribution is -2.51. The van der Waals surface area contributed by atoms with Crippen molar-refractivity contribution in [2.45, 2.75) is 24.7 Å². The van der Waals surface area contributed by atoms with Crippen LogP contribution in [0.2, 0.25) is 0 Å². The van der Waals surface area contributed by atoms with E-state index in [1.165, 1.54) is 14.0 Å². The second-order valence-electron chi connectivity index (χ2n) is 6.27. The number of ether oxygens (including phenoxy) is 2. The molecule has 0 aromatic heterocycles. The lowest BCUT2D eigenvalue weighted by Gasteiger charge is -2.39. The van der Waals surface area contributed by atoms with Crippen molar-refractivity contribution in [1.82, 2.24) is 10.2 Å². The van der Waals surface area contributed by atoms with Gasteiger partial charge in [-0.25, -0.2) is 4.79 Å². The van der Waals surface area contributed by atoms with Crippen molar-refractivity contribution in [3.8, 4) is 0 Å². The van der Waals surface area contributed by atoms with Crippen LogP contribution in [0, 0.1) is 0 Å². The molecule has 1 aliphatic carbocycles. The number of carbonyl (C=O) groups is 2. The van der Waals surface area contributed by atoms with Gasteiger partial charge in [-0.2, -0.15) is 0 Å². The Balaban J connectivity index is 1.94. The highest BCUT2D eigenvalue weighted by molar-refractivity contribution is 6.14. The van der Waals surface area contributed by atoms with Crippen molar-refractivity contribution in [3.05, 3.63) is 33.9 Å². The molecule has 2 fully saturated rings. The summed E-state index contributed by atoms with van der Waals surface area (Å²) in [6.45, 7) is 1.80. The second kappa shape index (κ2) is 4.52. The smallest absolute Gasteiger partial charge is 0.404 e. The monoisotopic (exact) mass is 333 g/mol. The topological polar surface area (TPSA) is 153 Å². The maximum absolute atomic E-state index is 12.8. The van der Waals surface area contributed by atoms with E-state index >= 15 is 0 Å². The predicted octanol–water partition coefficient (Wildman–Crippen LogP) is -2.22. The number of hydrogen-bond acceptors (Lipinski definition) is 8. The molecule has 2 saturated heterocycles. The first-order chi connectivity index (χ1) is 11.3. The fourth-order valence-electron chi connectivity index (χ4n) is 4.05. The third kappa shape index (κ3) is 1.55. The molecule has 24 heavy (non-hydrogen) atoms. The van der Waals surface area contributed by atoms with Crippen molar-refractivity contribution in [1.29, 1.82) is 0 Å². The maximum Gasteiger partial charge on any atom is 0.404 e. The molecular formula is C15H17N4O5-. The van der Waals surface area contributed by atoms with Gasteiger partial charge in [-0.15, -0.1) is 0 Å². The number of ketones is 1. The summed E-state index contributed by atoms with van der Waals surface area (Å²) in [4.78, 5) is 25.6. The Kier molecular flexibility index (Phi) is 2.83. The quantitative estimate of drug-likeness (QED) is 0.491. The average molecular weight is 333 g/mol. The van der Waals surface area contributed by atoms with Crippen molar-refractivity contribution in [2.75, 3.05) is 20.3 Å². The minimum absolute atomic E-state index is 0.0944. The second-order valence-corrected chi connectivity index (χ2v) is 6.27. The van der Waals surface area contributed by atoms with Crippen LogP contribution in [0.1, 0.15) is 6.92 Å². The molecule has 4 aliphatic rings. The lowest BCUT2D eigenvalue weighted by molar-refractivity contribution is -0.301. The first-order valence-electron chi connectivity index (χ1n) is 7.52. The molecular weight excluding hydrogens is 316 g/mol. The Labute approximate surface area is 137 Å². The van der Waals surface area contributed by atoms with Gasteiger partial charge in [0.05, 0.1) is 17.3 Å². The van der Waals surface area contributed by atoms with Crippen LogP contribution in [-0.4, -0.2) is 54.8 Å². The third-order valence-corrected chi connectivity index (χ3v) is 5.23. The Morgan fingerprint density at radius 3 is 2.88 bits per heavy atom. The van der Waals surface area contributed by atoms with Gasteiger partial charge in [-0.05, 0) is 12.5 Å². The summed E-state index contributed by atoms with van der Waals surface area (Å²) < 4.78 is 10.7. The summed E-state index contributed by atoms with van der Waals surface area (Å²) >= 11 is 0. The molecule has 0 aromatic carbocycles. The van der Waals surface area contributed by atoms with E-state index in [0.29, 0.717) is 12.1 Å². The van der Waals surface area contributed by atoms with E-state index in [4.69, 9.17) is 20.9 Å². The molecule has 3 aliphatic heterocycles. The van der Waals surface area contributed by atoms with Gasteiger partial charge in [0, 0.05) is 31.0 Å². The number of fused-ring (bicyclic) bond motifs is 5. The van der Waals surface area contributed by atoms with Gasteiger partial charge in [-0.3, -0.25) is 4.79 Å². The molecule has 128 valence electrons. The van der Waals surface area contributed by atoms with Gasteiger partial charge in [0.2, 0.25) is 5.78 Å². The van der Waals surface area contributed by atoms with E-state index in [1.54, 1.807) is 4.90 Å². The number of nitrogens with two attached hydrogens (primary N) is 2. The zero-order valence-electron chi connectivity index (χ0n) is 13.2. The number of piperazine rings is 1. The fraction of sp³-hybridized carbons (Fsp3) is 0.467. The van der Waals surface area contributed by atoms with Gasteiger partial charge in [0.25, 0.3) is 0 Å². The molecule has 9 heteroatoms. The zero-order chi connectivity index (χ0) is 17.4. The minimum Gasteiger partial charge on any atom is -0.871 e. The zero-order valence-corrected chi connectivity index (χ0v) is 13.2. The van der Waals surface area contributed by atoms with E-state index in [9.17, 15) is 14.7 Å². The number of Topliss-reactive ketones (excluding diaryl/α,β-unsaturated/α-hetero) is 1. The average Bonchev–Trinajstić information content (AvgIpc) is 3.16. The molecule has 1 amide bonds. The Morgan fingerprint density at radius 1 is 1.54 bits per heavy atom. The van der Waals surface area contributed by atoms with Crippen LogP contribution in [0.15, 0.2) is 33.9 Å². The predicted molar refractivity (Wildman–Crippen MR) is 78.6 cm³/mol. The SMILES string of the molecule is CO[C@@]12C(COC(N)=O)=C3C(=O)C(N)=C(C)C([O-])=C3N1C[C@@H]1N[C@@H]12. The Morgan fingerprint density at radius 2 is 2.25 bits per heavy atom. The van der Waals surface area contributed by atoms with Crippen LogP contribution in [0.4, 0.5) is 4.79 Å². The van der Waals surface area contributed by atoms with Crippen LogP contribution in [0.25, 0.3) is 0 Å². The first-order valence-corrected chi connectivity index (χ1v) is 7.52. The van der Waals surface area contributed by atoms with Crippen LogP contribution in [-0.2, 0) is 14.3 Å². The highest BCUT2D eigenvalue weighted by atomic mass is 16.6.